The van der Waals surface area contributed by atoms with Gasteiger partial charge in [-0.15, -0.1) is 0 Å². The van der Waals surface area contributed by atoms with Crippen molar-refractivity contribution in [3.8, 4) is 5.75 Å². The molecule has 3 heteroatoms. The Morgan fingerprint density at radius 1 is 1.47 bits per heavy atom. The van der Waals surface area contributed by atoms with Crippen molar-refractivity contribution in [3.63, 3.8) is 0 Å². The molecule has 0 aromatic heterocycles. The maximum absolute atomic E-state index is 11.9. The molecule has 2 rings (SSSR count). The third-order valence-corrected chi connectivity index (χ3v) is 3.47. The molecule has 0 atom stereocenters. The number of Topliss-reactive ketones (excluding diaryl/α,β-unsaturated/α-hetero) is 1. The minimum atomic E-state index is 0.0226. The molecule has 1 aliphatic rings. The highest BCUT2D eigenvalue weighted by molar-refractivity contribution is 5.99. The van der Waals surface area contributed by atoms with E-state index in [2.05, 4.69) is 0 Å². The van der Waals surface area contributed by atoms with E-state index in [1.54, 1.807) is 0 Å². The molecule has 0 fully saturated rings. The van der Waals surface area contributed by atoms with Gasteiger partial charge in [0, 0.05) is 18.5 Å². The van der Waals surface area contributed by atoms with E-state index >= 15 is 0 Å². The summed E-state index contributed by atoms with van der Waals surface area (Å²) in [5, 5.41) is 10.1. The van der Waals surface area contributed by atoms with Crippen molar-refractivity contribution in [1.29, 1.82) is 0 Å². The highest BCUT2D eigenvalue weighted by Gasteiger charge is 2.22. The molecule has 17 heavy (non-hydrogen) atoms. The van der Waals surface area contributed by atoms with Crippen LogP contribution in [-0.4, -0.2) is 10.9 Å². The van der Waals surface area contributed by atoms with Crippen LogP contribution in [0.3, 0.4) is 0 Å². The standard InChI is InChI=1S/C14H19NO2/c1-2-4-13(16)11-7-9-5-3-6-10(9)12(8-15)14(11)17/h7,17H,2-6,8,15H2,1H3. The van der Waals surface area contributed by atoms with Gasteiger partial charge in [-0.05, 0) is 42.9 Å². The molecule has 1 aliphatic carbocycles. The highest BCUT2D eigenvalue weighted by Crippen LogP contribution is 2.35. The van der Waals surface area contributed by atoms with E-state index in [1.807, 2.05) is 13.0 Å². The summed E-state index contributed by atoms with van der Waals surface area (Å²) in [6, 6.07) is 1.87. The summed E-state index contributed by atoms with van der Waals surface area (Å²) in [4.78, 5) is 11.9. The zero-order valence-corrected chi connectivity index (χ0v) is 10.3. The molecule has 3 nitrogen and oxygen atoms in total. The fourth-order valence-electron chi connectivity index (χ4n) is 2.61. The minimum Gasteiger partial charge on any atom is -0.507 e. The topological polar surface area (TPSA) is 63.3 Å². The molecule has 0 bridgehead atoms. The SMILES string of the molecule is CCCC(=O)c1cc2c(c(CN)c1O)CCC2. The van der Waals surface area contributed by atoms with Crippen molar-refractivity contribution in [3.05, 3.63) is 28.3 Å². The number of carbonyl (C=O) groups is 1. The van der Waals surface area contributed by atoms with Gasteiger partial charge in [-0.25, -0.2) is 0 Å². The van der Waals surface area contributed by atoms with Crippen LogP contribution in [0.5, 0.6) is 5.75 Å². The summed E-state index contributed by atoms with van der Waals surface area (Å²) in [5.74, 6) is 0.140. The summed E-state index contributed by atoms with van der Waals surface area (Å²) >= 11 is 0. The van der Waals surface area contributed by atoms with Crippen molar-refractivity contribution in [2.24, 2.45) is 5.73 Å². The van der Waals surface area contributed by atoms with Crippen molar-refractivity contribution in [2.75, 3.05) is 0 Å². The Hall–Kier alpha value is -1.35. The van der Waals surface area contributed by atoms with Gasteiger partial charge in [0.05, 0.1) is 5.56 Å². The van der Waals surface area contributed by atoms with Gasteiger partial charge in [0.2, 0.25) is 0 Å². The molecular formula is C14H19NO2. The molecule has 0 spiro atoms. The molecule has 0 amide bonds. The maximum Gasteiger partial charge on any atom is 0.166 e. The fourth-order valence-corrected chi connectivity index (χ4v) is 2.61. The normalized spacial score (nSPS) is 13.8. The van der Waals surface area contributed by atoms with E-state index in [1.165, 1.54) is 5.56 Å². The molecule has 0 radical (unpaired) electrons. The van der Waals surface area contributed by atoms with Crippen molar-refractivity contribution >= 4 is 5.78 Å². The van der Waals surface area contributed by atoms with Crippen LogP contribution < -0.4 is 5.73 Å². The quantitative estimate of drug-likeness (QED) is 0.784. The van der Waals surface area contributed by atoms with Crippen LogP contribution in [0.1, 0.15) is 53.2 Å². The Morgan fingerprint density at radius 3 is 2.88 bits per heavy atom. The van der Waals surface area contributed by atoms with Gasteiger partial charge in [0.1, 0.15) is 5.75 Å². The molecule has 0 unspecified atom stereocenters. The lowest BCUT2D eigenvalue weighted by atomic mass is 9.95. The number of ketones is 1. The molecule has 0 aliphatic heterocycles. The van der Waals surface area contributed by atoms with Gasteiger partial charge < -0.3 is 10.8 Å². The van der Waals surface area contributed by atoms with E-state index < -0.39 is 0 Å². The van der Waals surface area contributed by atoms with E-state index in [4.69, 9.17) is 5.73 Å². The zero-order chi connectivity index (χ0) is 12.4. The number of fused-ring (bicyclic) bond motifs is 1. The number of carbonyl (C=O) groups excluding carboxylic acids is 1. The van der Waals surface area contributed by atoms with Crippen LogP contribution in [0, 0.1) is 0 Å². The zero-order valence-electron chi connectivity index (χ0n) is 10.3. The first-order chi connectivity index (χ1) is 8.19. The van der Waals surface area contributed by atoms with Gasteiger partial charge in [0.15, 0.2) is 5.78 Å². The Morgan fingerprint density at radius 2 is 2.24 bits per heavy atom. The van der Waals surface area contributed by atoms with Crippen LogP contribution in [0.25, 0.3) is 0 Å². The molecule has 1 aromatic carbocycles. The van der Waals surface area contributed by atoms with Gasteiger partial charge in [-0.1, -0.05) is 6.92 Å². The summed E-state index contributed by atoms with van der Waals surface area (Å²) in [5.41, 5.74) is 9.30. The maximum atomic E-state index is 11.9. The number of aryl methyl sites for hydroxylation is 1. The number of aromatic hydroxyl groups is 1. The number of nitrogens with two attached hydrogens (primary N) is 1. The number of benzene rings is 1. The lowest BCUT2D eigenvalue weighted by Crippen LogP contribution is -2.07. The number of phenolic OH excluding ortho intramolecular Hbond substituents is 1. The summed E-state index contributed by atoms with van der Waals surface area (Å²) in [6.07, 6.45) is 4.34. The smallest absolute Gasteiger partial charge is 0.166 e. The van der Waals surface area contributed by atoms with E-state index in [-0.39, 0.29) is 11.5 Å². The molecule has 1 aromatic rings. The fraction of sp³-hybridized carbons (Fsp3) is 0.500. The second-order valence-corrected chi connectivity index (χ2v) is 4.62. The molecule has 0 saturated heterocycles. The number of rotatable bonds is 4. The third kappa shape index (κ3) is 2.07. The Labute approximate surface area is 102 Å². The van der Waals surface area contributed by atoms with Crippen molar-refractivity contribution < 1.29 is 9.90 Å². The van der Waals surface area contributed by atoms with Gasteiger partial charge in [-0.3, -0.25) is 4.79 Å². The molecule has 0 saturated carbocycles. The van der Waals surface area contributed by atoms with Crippen molar-refractivity contribution in [2.45, 2.75) is 45.6 Å². The van der Waals surface area contributed by atoms with Gasteiger partial charge in [0.25, 0.3) is 0 Å². The third-order valence-electron chi connectivity index (χ3n) is 3.47. The van der Waals surface area contributed by atoms with Gasteiger partial charge >= 0.3 is 0 Å². The van der Waals surface area contributed by atoms with E-state index in [0.29, 0.717) is 18.5 Å². The van der Waals surface area contributed by atoms with Crippen molar-refractivity contribution in [1.82, 2.24) is 0 Å². The molecule has 3 N–H and O–H groups in total. The predicted molar refractivity (Wildman–Crippen MR) is 67.3 cm³/mol. The van der Waals surface area contributed by atoms with Crippen LogP contribution in [0.15, 0.2) is 6.07 Å². The first-order valence-corrected chi connectivity index (χ1v) is 6.28. The second kappa shape index (κ2) is 4.88. The minimum absolute atomic E-state index is 0.0226. The first kappa shape index (κ1) is 12.1. The second-order valence-electron chi connectivity index (χ2n) is 4.62. The number of hydrogen-bond acceptors (Lipinski definition) is 3. The van der Waals surface area contributed by atoms with Crippen LogP contribution >= 0.6 is 0 Å². The first-order valence-electron chi connectivity index (χ1n) is 6.28. The molecule has 92 valence electrons. The van der Waals surface area contributed by atoms with Crippen LogP contribution in [-0.2, 0) is 19.4 Å². The lowest BCUT2D eigenvalue weighted by Gasteiger charge is -2.13. The molecule has 0 heterocycles. The number of phenols is 1. The Bertz CT molecular complexity index is 452. The lowest BCUT2D eigenvalue weighted by molar-refractivity contribution is 0.0979. The average molecular weight is 233 g/mol. The van der Waals surface area contributed by atoms with E-state index in [0.717, 1.165) is 36.8 Å². The summed E-state index contributed by atoms with van der Waals surface area (Å²) in [6.45, 7) is 2.27. The van der Waals surface area contributed by atoms with Crippen LogP contribution in [0.2, 0.25) is 0 Å². The Balaban J connectivity index is 2.51. The average Bonchev–Trinajstić information content (AvgIpc) is 2.76. The van der Waals surface area contributed by atoms with Crippen LogP contribution in [0.4, 0.5) is 0 Å². The Kier molecular flexibility index (Phi) is 3.48. The summed E-state index contributed by atoms with van der Waals surface area (Å²) < 4.78 is 0. The molecular weight excluding hydrogens is 214 g/mol. The number of hydrogen-bond donors (Lipinski definition) is 2. The summed E-state index contributed by atoms with van der Waals surface area (Å²) in [7, 11) is 0. The monoisotopic (exact) mass is 233 g/mol. The predicted octanol–water partition coefficient (Wildman–Crippen LogP) is 2.32. The van der Waals surface area contributed by atoms with E-state index in [9.17, 15) is 9.90 Å². The van der Waals surface area contributed by atoms with Gasteiger partial charge in [-0.2, -0.15) is 0 Å². The highest BCUT2D eigenvalue weighted by atomic mass is 16.3. The largest absolute Gasteiger partial charge is 0.507 e.